The quantitative estimate of drug-likeness (QED) is 0.825. The summed E-state index contributed by atoms with van der Waals surface area (Å²) in [5.41, 5.74) is 5.51. The van der Waals surface area contributed by atoms with Gasteiger partial charge in [0.2, 0.25) is 5.91 Å². The van der Waals surface area contributed by atoms with Crippen molar-refractivity contribution in [3.05, 3.63) is 0 Å². The summed E-state index contributed by atoms with van der Waals surface area (Å²) < 4.78 is 5.74. The maximum absolute atomic E-state index is 12.6. The van der Waals surface area contributed by atoms with Gasteiger partial charge >= 0.3 is 0 Å². The van der Waals surface area contributed by atoms with E-state index in [0.29, 0.717) is 0 Å². The number of hydrogen-bond donors (Lipinski definition) is 2. The van der Waals surface area contributed by atoms with Crippen LogP contribution in [-0.2, 0) is 9.53 Å². The molecule has 0 spiro atoms. The molecule has 1 amide bonds. The maximum Gasteiger partial charge on any atom is 0.241 e. The minimum absolute atomic E-state index is 0.0345. The monoisotopic (exact) mass is 280 g/mol. The van der Waals surface area contributed by atoms with E-state index in [1.807, 2.05) is 0 Å². The third kappa shape index (κ3) is 1.92. The largest absolute Gasteiger partial charge is 0.377 e. The van der Waals surface area contributed by atoms with Crippen molar-refractivity contribution in [2.45, 2.75) is 64.0 Å². The molecule has 3 unspecified atom stereocenters. The zero-order valence-corrected chi connectivity index (χ0v) is 12.8. The van der Waals surface area contributed by atoms with Crippen LogP contribution in [0.25, 0.3) is 0 Å². The van der Waals surface area contributed by atoms with Gasteiger partial charge in [0.15, 0.2) is 0 Å². The Kier molecular flexibility index (Phi) is 3.57. The molecule has 2 saturated carbocycles. The number of hydrogen-bond acceptors (Lipinski definition) is 3. The van der Waals surface area contributed by atoms with Crippen molar-refractivity contribution < 1.29 is 9.53 Å². The first-order valence-electron chi connectivity index (χ1n) is 8.16. The van der Waals surface area contributed by atoms with Gasteiger partial charge in [-0.1, -0.05) is 39.5 Å². The maximum atomic E-state index is 12.6. The Bertz CT molecular complexity index is 390. The van der Waals surface area contributed by atoms with Gasteiger partial charge in [0.05, 0.1) is 6.10 Å². The summed E-state index contributed by atoms with van der Waals surface area (Å²) >= 11 is 0. The fraction of sp³-hybridized carbons (Fsp3) is 0.938. The van der Waals surface area contributed by atoms with Crippen LogP contribution in [0, 0.1) is 17.3 Å². The lowest BCUT2D eigenvalue weighted by Crippen LogP contribution is -2.80. The summed E-state index contributed by atoms with van der Waals surface area (Å²) in [7, 11) is 0. The molecule has 0 radical (unpaired) electrons. The van der Waals surface area contributed by atoms with Gasteiger partial charge < -0.3 is 15.8 Å². The van der Waals surface area contributed by atoms with E-state index >= 15 is 0 Å². The second kappa shape index (κ2) is 4.99. The first-order valence-corrected chi connectivity index (χ1v) is 8.16. The number of fused-ring (bicyclic) bond motifs is 1. The second-order valence-electron chi connectivity index (χ2n) is 7.47. The minimum Gasteiger partial charge on any atom is -0.377 e. The molecule has 3 rings (SSSR count). The molecule has 1 aliphatic heterocycles. The lowest BCUT2D eigenvalue weighted by Gasteiger charge is -2.60. The van der Waals surface area contributed by atoms with Gasteiger partial charge in [0.25, 0.3) is 0 Å². The molecule has 3 atom stereocenters. The zero-order valence-electron chi connectivity index (χ0n) is 12.8. The van der Waals surface area contributed by atoms with Crippen LogP contribution in [0.5, 0.6) is 0 Å². The molecule has 3 aliphatic rings. The van der Waals surface area contributed by atoms with E-state index in [-0.39, 0.29) is 23.3 Å². The number of nitrogens with one attached hydrogen (secondary N) is 1. The molecule has 1 saturated heterocycles. The van der Waals surface area contributed by atoms with Crippen LogP contribution in [0.2, 0.25) is 0 Å². The van der Waals surface area contributed by atoms with Gasteiger partial charge in [0, 0.05) is 24.5 Å². The van der Waals surface area contributed by atoms with Crippen molar-refractivity contribution in [1.29, 1.82) is 0 Å². The summed E-state index contributed by atoms with van der Waals surface area (Å²) in [5, 5.41) is 3.10. The molecule has 0 aromatic heterocycles. The van der Waals surface area contributed by atoms with Gasteiger partial charge in [0.1, 0.15) is 5.54 Å². The fourth-order valence-corrected chi connectivity index (χ4v) is 4.68. The molecular formula is C16H28N2O2. The highest BCUT2D eigenvalue weighted by molar-refractivity contribution is 5.89. The van der Waals surface area contributed by atoms with Crippen LogP contribution in [0.3, 0.4) is 0 Å². The van der Waals surface area contributed by atoms with Crippen molar-refractivity contribution in [3.8, 4) is 0 Å². The highest BCUT2D eigenvalue weighted by Gasteiger charge is 2.71. The summed E-state index contributed by atoms with van der Waals surface area (Å²) in [4.78, 5) is 12.6. The predicted molar refractivity (Wildman–Crippen MR) is 78.1 cm³/mol. The first kappa shape index (κ1) is 14.3. The standard InChI is InChI=1S/C16H28N2O2/c1-15(2)13-12(8-10-20-13)16(15,17)14(19)18-9-7-11-5-3-4-6-11/h11-13H,3-10,17H2,1-2H3,(H,18,19). The molecule has 4 nitrogen and oxygen atoms in total. The van der Waals surface area contributed by atoms with E-state index in [1.165, 1.54) is 25.7 Å². The molecule has 114 valence electrons. The molecule has 0 aromatic rings. The smallest absolute Gasteiger partial charge is 0.241 e. The van der Waals surface area contributed by atoms with Crippen LogP contribution in [0.1, 0.15) is 52.4 Å². The Morgan fingerprint density at radius 1 is 1.30 bits per heavy atom. The van der Waals surface area contributed by atoms with Crippen molar-refractivity contribution in [2.75, 3.05) is 13.2 Å². The number of nitrogens with two attached hydrogens (primary N) is 1. The average Bonchev–Trinajstić information content (AvgIpc) is 3.07. The molecule has 3 fully saturated rings. The molecule has 2 aliphatic carbocycles. The van der Waals surface area contributed by atoms with Crippen LogP contribution >= 0.6 is 0 Å². The van der Waals surface area contributed by atoms with Gasteiger partial charge in [-0.15, -0.1) is 0 Å². The Morgan fingerprint density at radius 2 is 2.00 bits per heavy atom. The number of amides is 1. The van der Waals surface area contributed by atoms with Crippen molar-refractivity contribution >= 4 is 5.91 Å². The summed E-state index contributed by atoms with van der Waals surface area (Å²) in [6.07, 6.45) is 7.55. The summed E-state index contributed by atoms with van der Waals surface area (Å²) in [5.74, 6) is 1.04. The van der Waals surface area contributed by atoms with E-state index in [9.17, 15) is 4.79 Å². The number of carbonyl (C=O) groups excluding carboxylic acids is 1. The Balaban J connectivity index is 1.56. The lowest BCUT2D eigenvalue weighted by molar-refractivity contribution is -0.175. The second-order valence-corrected chi connectivity index (χ2v) is 7.47. The molecule has 0 bridgehead atoms. The Labute approximate surface area is 121 Å². The predicted octanol–water partition coefficient (Wildman–Crippen LogP) is 1.83. The van der Waals surface area contributed by atoms with Gasteiger partial charge in [-0.3, -0.25) is 4.79 Å². The lowest BCUT2D eigenvalue weighted by atomic mass is 9.48. The average molecular weight is 280 g/mol. The van der Waals surface area contributed by atoms with Crippen LogP contribution < -0.4 is 11.1 Å². The highest BCUT2D eigenvalue weighted by Crippen LogP contribution is 2.58. The Morgan fingerprint density at radius 3 is 2.70 bits per heavy atom. The molecule has 1 heterocycles. The highest BCUT2D eigenvalue weighted by atomic mass is 16.5. The SMILES string of the molecule is CC1(C)C2OCCC2C1(N)C(=O)NCCC1CCCC1. The number of rotatable bonds is 4. The molecule has 0 aromatic carbocycles. The molecule has 20 heavy (non-hydrogen) atoms. The van der Waals surface area contributed by atoms with Crippen LogP contribution in [-0.4, -0.2) is 30.7 Å². The first-order chi connectivity index (χ1) is 9.48. The van der Waals surface area contributed by atoms with Crippen molar-refractivity contribution in [1.82, 2.24) is 5.32 Å². The fourth-order valence-electron chi connectivity index (χ4n) is 4.68. The van der Waals surface area contributed by atoms with Gasteiger partial charge in [-0.05, 0) is 18.8 Å². The number of carbonyl (C=O) groups is 1. The summed E-state index contributed by atoms with van der Waals surface area (Å²) in [6.45, 7) is 5.65. The summed E-state index contributed by atoms with van der Waals surface area (Å²) in [6, 6.07) is 0. The Hall–Kier alpha value is -0.610. The van der Waals surface area contributed by atoms with E-state index < -0.39 is 5.54 Å². The van der Waals surface area contributed by atoms with E-state index in [1.54, 1.807) is 0 Å². The van der Waals surface area contributed by atoms with Gasteiger partial charge in [-0.25, -0.2) is 0 Å². The molecule has 4 heteroatoms. The molecule has 3 N–H and O–H groups in total. The molecular weight excluding hydrogens is 252 g/mol. The van der Waals surface area contributed by atoms with E-state index in [2.05, 4.69) is 19.2 Å². The van der Waals surface area contributed by atoms with Crippen LogP contribution in [0.4, 0.5) is 0 Å². The van der Waals surface area contributed by atoms with Crippen molar-refractivity contribution in [2.24, 2.45) is 23.0 Å². The van der Waals surface area contributed by atoms with Gasteiger partial charge in [-0.2, -0.15) is 0 Å². The van der Waals surface area contributed by atoms with E-state index in [4.69, 9.17) is 10.5 Å². The van der Waals surface area contributed by atoms with Crippen molar-refractivity contribution in [3.63, 3.8) is 0 Å². The minimum atomic E-state index is -0.746. The topological polar surface area (TPSA) is 64.3 Å². The van der Waals surface area contributed by atoms with Crippen LogP contribution in [0.15, 0.2) is 0 Å². The normalized spacial score (nSPS) is 39.4. The zero-order chi connectivity index (χ0) is 14.4. The van der Waals surface area contributed by atoms with E-state index in [0.717, 1.165) is 31.9 Å². The number of ether oxygens (including phenoxy) is 1. The third-order valence-corrected chi connectivity index (χ3v) is 6.14. The third-order valence-electron chi connectivity index (χ3n) is 6.14.